The minimum atomic E-state index is -0.235. The van der Waals surface area contributed by atoms with E-state index in [0.717, 1.165) is 5.56 Å². The maximum Gasteiger partial charge on any atom is 0.146 e. The van der Waals surface area contributed by atoms with E-state index in [0.29, 0.717) is 18.8 Å². The summed E-state index contributed by atoms with van der Waals surface area (Å²) in [6.45, 7) is 3.06. The summed E-state index contributed by atoms with van der Waals surface area (Å²) in [5.41, 5.74) is 7.35. The van der Waals surface area contributed by atoms with Gasteiger partial charge >= 0.3 is 0 Å². The number of nitrogens with zero attached hydrogens (tertiary/aromatic N) is 1. The fourth-order valence-corrected chi connectivity index (χ4v) is 2.15. The highest BCUT2D eigenvalue weighted by atomic mass is 19.1. The van der Waals surface area contributed by atoms with E-state index in [2.05, 4.69) is 0 Å². The van der Waals surface area contributed by atoms with Crippen LogP contribution in [0.2, 0.25) is 0 Å². The van der Waals surface area contributed by atoms with Crippen molar-refractivity contribution < 1.29 is 8.81 Å². The second-order valence-corrected chi connectivity index (χ2v) is 4.05. The Hall–Kier alpha value is -1.81. The highest BCUT2D eigenvalue weighted by molar-refractivity contribution is 5.50. The van der Waals surface area contributed by atoms with Gasteiger partial charge in [-0.1, -0.05) is 12.1 Å². The van der Waals surface area contributed by atoms with Gasteiger partial charge in [0.15, 0.2) is 0 Å². The number of furan rings is 1. The van der Waals surface area contributed by atoms with Gasteiger partial charge < -0.3 is 15.1 Å². The standard InChI is InChI=1S/C14H17FN2O/c1-2-17(13-6-4-3-5-12(13)15)14(9-16)11-7-8-18-10-11/h3-8,10,14H,2,9,16H2,1H3. The van der Waals surface area contributed by atoms with Crippen LogP contribution in [-0.4, -0.2) is 13.1 Å². The maximum atomic E-state index is 13.9. The molecule has 0 saturated heterocycles. The second kappa shape index (κ2) is 5.69. The van der Waals surface area contributed by atoms with Crippen LogP contribution < -0.4 is 10.6 Å². The van der Waals surface area contributed by atoms with Crippen LogP contribution in [-0.2, 0) is 0 Å². The number of para-hydroxylation sites is 1. The number of anilines is 1. The molecule has 0 fully saturated rings. The molecule has 0 spiro atoms. The van der Waals surface area contributed by atoms with Crippen molar-refractivity contribution in [3.05, 3.63) is 54.2 Å². The molecular formula is C14H17FN2O. The van der Waals surface area contributed by atoms with Crippen molar-refractivity contribution in [2.24, 2.45) is 5.73 Å². The molecule has 2 N–H and O–H groups in total. The lowest BCUT2D eigenvalue weighted by atomic mass is 10.1. The van der Waals surface area contributed by atoms with Gasteiger partial charge in [-0.15, -0.1) is 0 Å². The number of benzene rings is 1. The second-order valence-electron chi connectivity index (χ2n) is 4.05. The SMILES string of the molecule is CCN(c1ccccc1F)C(CN)c1ccoc1. The Morgan fingerprint density at radius 1 is 1.33 bits per heavy atom. The fraction of sp³-hybridized carbons (Fsp3) is 0.286. The van der Waals surface area contributed by atoms with Gasteiger partial charge in [-0.05, 0) is 25.1 Å². The van der Waals surface area contributed by atoms with Crippen molar-refractivity contribution in [2.45, 2.75) is 13.0 Å². The lowest BCUT2D eigenvalue weighted by Gasteiger charge is -2.31. The number of hydrogen-bond acceptors (Lipinski definition) is 3. The van der Waals surface area contributed by atoms with Crippen LogP contribution in [0.3, 0.4) is 0 Å². The molecule has 4 heteroatoms. The third-order valence-electron chi connectivity index (χ3n) is 3.03. The maximum absolute atomic E-state index is 13.9. The van der Waals surface area contributed by atoms with E-state index in [1.807, 2.05) is 24.0 Å². The third-order valence-corrected chi connectivity index (χ3v) is 3.03. The summed E-state index contributed by atoms with van der Waals surface area (Å²) in [4.78, 5) is 1.94. The molecule has 18 heavy (non-hydrogen) atoms. The van der Waals surface area contributed by atoms with Crippen molar-refractivity contribution in [3.8, 4) is 0 Å². The minimum Gasteiger partial charge on any atom is -0.472 e. The Labute approximate surface area is 106 Å². The average molecular weight is 248 g/mol. The van der Waals surface area contributed by atoms with Crippen molar-refractivity contribution in [1.82, 2.24) is 0 Å². The van der Waals surface area contributed by atoms with Crippen LogP contribution in [0, 0.1) is 5.82 Å². The highest BCUT2D eigenvalue weighted by Crippen LogP contribution is 2.28. The van der Waals surface area contributed by atoms with E-state index < -0.39 is 0 Å². The molecule has 1 aromatic heterocycles. The van der Waals surface area contributed by atoms with Crippen LogP contribution in [0.15, 0.2) is 47.3 Å². The Morgan fingerprint density at radius 3 is 2.67 bits per heavy atom. The predicted octanol–water partition coefficient (Wildman–Crippen LogP) is 2.95. The summed E-state index contributed by atoms with van der Waals surface area (Å²) >= 11 is 0. The first-order valence-corrected chi connectivity index (χ1v) is 6.01. The van der Waals surface area contributed by atoms with Crippen molar-refractivity contribution in [1.29, 1.82) is 0 Å². The van der Waals surface area contributed by atoms with Gasteiger partial charge in [0.25, 0.3) is 0 Å². The summed E-state index contributed by atoms with van der Waals surface area (Å²) in [7, 11) is 0. The number of rotatable bonds is 5. The zero-order valence-corrected chi connectivity index (χ0v) is 10.3. The largest absolute Gasteiger partial charge is 0.472 e. The molecule has 3 nitrogen and oxygen atoms in total. The van der Waals surface area contributed by atoms with Gasteiger partial charge in [-0.25, -0.2) is 4.39 Å². The molecule has 0 aliphatic carbocycles. The summed E-state index contributed by atoms with van der Waals surface area (Å²) in [6.07, 6.45) is 3.26. The fourth-order valence-electron chi connectivity index (χ4n) is 2.15. The minimum absolute atomic E-state index is 0.0781. The van der Waals surface area contributed by atoms with Gasteiger partial charge in [0, 0.05) is 18.7 Å². The molecule has 0 aliphatic rings. The normalized spacial score (nSPS) is 12.4. The third kappa shape index (κ3) is 2.38. The zero-order chi connectivity index (χ0) is 13.0. The van der Waals surface area contributed by atoms with E-state index in [-0.39, 0.29) is 11.9 Å². The van der Waals surface area contributed by atoms with Crippen LogP contribution in [0.1, 0.15) is 18.5 Å². The number of hydrogen-bond donors (Lipinski definition) is 1. The molecule has 1 unspecified atom stereocenters. The van der Waals surface area contributed by atoms with Crippen LogP contribution in [0.4, 0.5) is 10.1 Å². The summed E-state index contributed by atoms with van der Waals surface area (Å²) in [5.74, 6) is -0.235. The molecule has 0 aliphatic heterocycles. The van der Waals surface area contributed by atoms with E-state index in [4.69, 9.17) is 10.2 Å². The molecule has 0 radical (unpaired) electrons. The Balaban J connectivity index is 2.35. The number of nitrogens with two attached hydrogens (primary N) is 1. The number of likely N-dealkylation sites (N-methyl/N-ethyl adjacent to an activating group) is 1. The summed E-state index contributed by atoms with van der Waals surface area (Å²) in [5, 5.41) is 0. The van der Waals surface area contributed by atoms with Gasteiger partial charge in [0.05, 0.1) is 24.3 Å². The molecule has 0 saturated carbocycles. The van der Waals surface area contributed by atoms with Gasteiger partial charge in [0.1, 0.15) is 5.82 Å². The Bertz CT molecular complexity index is 484. The molecular weight excluding hydrogens is 231 g/mol. The summed E-state index contributed by atoms with van der Waals surface area (Å²) < 4.78 is 18.9. The average Bonchev–Trinajstić information content (AvgIpc) is 2.90. The molecule has 96 valence electrons. The smallest absolute Gasteiger partial charge is 0.146 e. The molecule has 1 aromatic carbocycles. The molecule has 2 rings (SSSR count). The van der Waals surface area contributed by atoms with Crippen LogP contribution in [0.5, 0.6) is 0 Å². The van der Waals surface area contributed by atoms with E-state index >= 15 is 0 Å². The van der Waals surface area contributed by atoms with Gasteiger partial charge in [0.2, 0.25) is 0 Å². The van der Waals surface area contributed by atoms with E-state index in [1.54, 1.807) is 24.7 Å². The predicted molar refractivity (Wildman–Crippen MR) is 69.9 cm³/mol. The lowest BCUT2D eigenvalue weighted by molar-refractivity contribution is 0.549. The van der Waals surface area contributed by atoms with Gasteiger partial charge in [-0.2, -0.15) is 0 Å². The van der Waals surface area contributed by atoms with Gasteiger partial charge in [-0.3, -0.25) is 0 Å². The molecule has 0 bridgehead atoms. The lowest BCUT2D eigenvalue weighted by Crippen LogP contribution is -2.34. The molecule has 2 aromatic rings. The molecule has 0 amide bonds. The van der Waals surface area contributed by atoms with E-state index in [1.165, 1.54) is 6.07 Å². The topological polar surface area (TPSA) is 42.4 Å². The van der Waals surface area contributed by atoms with E-state index in [9.17, 15) is 4.39 Å². The first-order valence-electron chi connectivity index (χ1n) is 6.01. The monoisotopic (exact) mass is 248 g/mol. The van der Waals surface area contributed by atoms with Crippen LogP contribution in [0.25, 0.3) is 0 Å². The van der Waals surface area contributed by atoms with Crippen molar-refractivity contribution >= 4 is 5.69 Å². The van der Waals surface area contributed by atoms with Crippen molar-refractivity contribution in [3.63, 3.8) is 0 Å². The number of halogens is 1. The Kier molecular flexibility index (Phi) is 3.99. The Morgan fingerprint density at radius 2 is 2.11 bits per heavy atom. The van der Waals surface area contributed by atoms with Crippen LogP contribution >= 0.6 is 0 Å². The molecule has 1 heterocycles. The molecule has 1 atom stereocenters. The first kappa shape index (κ1) is 12.6. The zero-order valence-electron chi connectivity index (χ0n) is 10.3. The first-order chi connectivity index (χ1) is 8.77. The quantitative estimate of drug-likeness (QED) is 0.884. The van der Waals surface area contributed by atoms with Crippen molar-refractivity contribution in [2.75, 3.05) is 18.0 Å². The highest BCUT2D eigenvalue weighted by Gasteiger charge is 2.21. The summed E-state index contributed by atoms with van der Waals surface area (Å²) in [6, 6.07) is 8.51.